The van der Waals surface area contributed by atoms with Crippen LogP contribution in [0.1, 0.15) is 11.1 Å². The monoisotopic (exact) mass is 365 g/mol. The third-order valence-corrected chi connectivity index (χ3v) is 4.72. The molecule has 2 heterocycles. The van der Waals surface area contributed by atoms with Gasteiger partial charge in [-0.15, -0.1) is 0 Å². The molecule has 1 aromatic heterocycles. The highest BCUT2D eigenvalue weighted by atomic mass is 35.5. The Morgan fingerprint density at radius 3 is 2.50 bits per heavy atom. The molecule has 0 spiro atoms. The number of urea groups is 1. The van der Waals surface area contributed by atoms with E-state index in [0.717, 1.165) is 26.9 Å². The zero-order valence-electron chi connectivity index (χ0n) is 14.1. The molecule has 6 heteroatoms. The zero-order chi connectivity index (χ0) is 18.3. The fourth-order valence-electron chi connectivity index (χ4n) is 3.09. The number of halogens is 1. The lowest BCUT2D eigenvalue weighted by molar-refractivity contribution is -0.121. The molecule has 130 valence electrons. The van der Waals surface area contributed by atoms with Gasteiger partial charge in [-0.05, 0) is 29.8 Å². The summed E-state index contributed by atoms with van der Waals surface area (Å²) < 4.78 is 2.12. The number of amides is 3. The fraction of sp³-hybridized carbons (Fsp3) is 0.100. The molecule has 0 radical (unpaired) electrons. The summed E-state index contributed by atoms with van der Waals surface area (Å²) in [4.78, 5) is 24.9. The van der Waals surface area contributed by atoms with Crippen molar-refractivity contribution >= 4 is 40.5 Å². The number of para-hydroxylation sites is 1. The third kappa shape index (κ3) is 2.86. The van der Waals surface area contributed by atoms with Crippen LogP contribution in [0.4, 0.5) is 4.79 Å². The van der Waals surface area contributed by atoms with Crippen LogP contribution in [0.25, 0.3) is 17.0 Å². The number of benzene rings is 2. The van der Waals surface area contributed by atoms with Gasteiger partial charge in [0.1, 0.15) is 5.70 Å². The van der Waals surface area contributed by atoms with Gasteiger partial charge in [-0.25, -0.2) is 4.79 Å². The number of fused-ring (bicyclic) bond motifs is 1. The lowest BCUT2D eigenvalue weighted by Crippen LogP contribution is -2.25. The van der Waals surface area contributed by atoms with E-state index in [4.69, 9.17) is 11.6 Å². The molecule has 5 nitrogen and oxygen atoms in total. The van der Waals surface area contributed by atoms with Crippen LogP contribution in [0.3, 0.4) is 0 Å². The maximum Gasteiger partial charge on any atom is 0.328 e. The van der Waals surface area contributed by atoms with Gasteiger partial charge in [0.15, 0.2) is 0 Å². The van der Waals surface area contributed by atoms with Crippen molar-refractivity contribution in [1.82, 2.24) is 14.8 Å². The molecule has 1 aliphatic heterocycles. The van der Waals surface area contributed by atoms with Crippen molar-refractivity contribution in [3.05, 3.63) is 76.6 Å². The number of aromatic nitrogens is 1. The van der Waals surface area contributed by atoms with Crippen LogP contribution in [0.15, 0.2) is 60.4 Å². The first-order valence-corrected chi connectivity index (χ1v) is 8.54. The Kier molecular flexibility index (Phi) is 4.01. The van der Waals surface area contributed by atoms with Gasteiger partial charge in [0.2, 0.25) is 0 Å². The van der Waals surface area contributed by atoms with Crippen LogP contribution in [0, 0.1) is 0 Å². The molecule has 1 N–H and O–H groups in total. The lowest BCUT2D eigenvalue weighted by Gasteiger charge is -2.05. The molecule has 0 saturated carbocycles. The summed E-state index contributed by atoms with van der Waals surface area (Å²) in [5, 5.41) is 4.33. The maximum absolute atomic E-state index is 12.1. The molecule has 3 aromatic rings. The Balaban J connectivity index is 1.76. The summed E-state index contributed by atoms with van der Waals surface area (Å²) in [6.07, 6.45) is 3.72. The van der Waals surface area contributed by atoms with Crippen LogP contribution in [-0.4, -0.2) is 28.5 Å². The highest BCUT2D eigenvalue weighted by Gasteiger charge is 2.30. The van der Waals surface area contributed by atoms with Crippen LogP contribution in [0.5, 0.6) is 0 Å². The number of rotatable bonds is 3. The fourth-order valence-corrected chi connectivity index (χ4v) is 3.21. The largest absolute Gasteiger partial charge is 0.342 e. The van der Waals surface area contributed by atoms with E-state index in [1.54, 1.807) is 6.08 Å². The molecule has 26 heavy (non-hydrogen) atoms. The van der Waals surface area contributed by atoms with Gasteiger partial charge in [0.05, 0.1) is 0 Å². The molecular weight excluding hydrogens is 350 g/mol. The Hall–Kier alpha value is -3.05. The molecule has 0 unspecified atom stereocenters. The Morgan fingerprint density at radius 1 is 1.08 bits per heavy atom. The van der Waals surface area contributed by atoms with Gasteiger partial charge in [0.25, 0.3) is 5.91 Å². The van der Waals surface area contributed by atoms with Gasteiger partial charge < -0.3 is 9.88 Å². The van der Waals surface area contributed by atoms with Crippen LogP contribution < -0.4 is 5.32 Å². The van der Waals surface area contributed by atoms with E-state index >= 15 is 0 Å². The Morgan fingerprint density at radius 2 is 1.81 bits per heavy atom. The average Bonchev–Trinajstić information content (AvgIpc) is 3.10. The van der Waals surface area contributed by atoms with Gasteiger partial charge in [-0.1, -0.05) is 41.9 Å². The highest BCUT2D eigenvalue weighted by Crippen LogP contribution is 2.25. The lowest BCUT2D eigenvalue weighted by atomic mass is 10.1. The van der Waals surface area contributed by atoms with Crippen molar-refractivity contribution in [2.24, 2.45) is 0 Å². The summed E-state index contributed by atoms with van der Waals surface area (Å²) in [6.45, 7) is 0.682. The number of carbonyl (C=O) groups excluding carboxylic acids is 2. The molecular formula is C20H16ClN3O2. The van der Waals surface area contributed by atoms with Gasteiger partial charge >= 0.3 is 6.03 Å². The predicted molar refractivity (Wildman–Crippen MR) is 102 cm³/mol. The first kappa shape index (κ1) is 16.4. The van der Waals surface area contributed by atoms with Crippen molar-refractivity contribution in [2.45, 2.75) is 6.54 Å². The summed E-state index contributed by atoms with van der Waals surface area (Å²) in [6, 6.07) is 15.3. The summed E-state index contributed by atoms with van der Waals surface area (Å²) >= 11 is 5.96. The molecule has 2 aromatic carbocycles. The van der Waals surface area contributed by atoms with Crippen LogP contribution >= 0.6 is 11.6 Å². The number of imide groups is 1. The number of carbonyl (C=O) groups is 2. The van der Waals surface area contributed by atoms with Crippen LogP contribution in [-0.2, 0) is 11.3 Å². The van der Waals surface area contributed by atoms with E-state index in [9.17, 15) is 9.59 Å². The molecule has 0 aliphatic carbocycles. The Labute approximate surface area is 155 Å². The van der Waals surface area contributed by atoms with Crippen molar-refractivity contribution in [3.8, 4) is 0 Å². The van der Waals surface area contributed by atoms with E-state index in [2.05, 4.69) is 9.88 Å². The van der Waals surface area contributed by atoms with E-state index in [0.29, 0.717) is 11.6 Å². The number of hydrogen-bond acceptors (Lipinski definition) is 2. The van der Waals surface area contributed by atoms with Crippen molar-refractivity contribution in [2.75, 3.05) is 7.05 Å². The number of nitrogens with zero attached hydrogens (tertiary/aromatic N) is 2. The second-order valence-corrected chi connectivity index (χ2v) is 6.64. The predicted octanol–water partition coefficient (Wildman–Crippen LogP) is 3.87. The SMILES string of the molecule is CN1C(=O)N/C(=C/c2cn(Cc3ccc(Cl)cc3)c3ccccc23)C1=O. The van der Waals surface area contributed by atoms with Gasteiger partial charge in [-0.3, -0.25) is 9.69 Å². The molecule has 0 bridgehead atoms. The number of nitrogens with one attached hydrogen (secondary N) is 1. The molecule has 0 atom stereocenters. The number of hydrogen-bond donors (Lipinski definition) is 1. The second kappa shape index (κ2) is 6.35. The second-order valence-electron chi connectivity index (χ2n) is 6.21. The molecule has 4 rings (SSSR count). The minimum Gasteiger partial charge on any atom is -0.342 e. The van der Waals surface area contributed by atoms with E-state index in [1.165, 1.54) is 7.05 Å². The summed E-state index contributed by atoms with van der Waals surface area (Å²) in [5.41, 5.74) is 3.35. The zero-order valence-corrected chi connectivity index (χ0v) is 14.8. The average molecular weight is 366 g/mol. The van der Waals surface area contributed by atoms with E-state index in [1.807, 2.05) is 54.7 Å². The molecule has 1 fully saturated rings. The highest BCUT2D eigenvalue weighted by molar-refractivity contribution is 6.30. The van der Waals surface area contributed by atoms with Crippen molar-refractivity contribution < 1.29 is 9.59 Å². The van der Waals surface area contributed by atoms with Crippen molar-refractivity contribution in [3.63, 3.8) is 0 Å². The standard InChI is InChI=1S/C20H16ClN3O2/c1-23-19(25)17(22-20(23)26)10-14-12-24(18-5-3-2-4-16(14)18)11-13-6-8-15(21)9-7-13/h2-10,12H,11H2,1H3,(H,22,26)/b17-10+. The van der Waals surface area contributed by atoms with E-state index < -0.39 is 6.03 Å². The smallest absolute Gasteiger partial charge is 0.328 e. The minimum atomic E-state index is -0.411. The first-order chi connectivity index (χ1) is 12.5. The van der Waals surface area contributed by atoms with Crippen LogP contribution in [0.2, 0.25) is 5.02 Å². The Bertz CT molecular complexity index is 1050. The normalized spacial score (nSPS) is 15.9. The quantitative estimate of drug-likeness (QED) is 0.566. The topological polar surface area (TPSA) is 54.3 Å². The molecule has 1 aliphatic rings. The number of likely N-dealkylation sites (N-methyl/N-ethyl adjacent to an activating group) is 1. The first-order valence-electron chi connectivity index (χ1n) is 8.16. The maximum atomic E-state index is 12.1. The third-order valence-electron chi connectivity index (χ3n) is 4.47. The van der Waals surface area contributed by atoms with Gasteiger partial charge in [-0.2, -0.15) is 0 Å². The van der Waals surface area contributed by atoms with E-state index in [-0.39, 0.29) is 11.6 Å². The van der Waals surface area contributed by atoms with Crippen molar-refractivity contribution in [1.29, 1.82) is 0 Å². The van der Waals surface area contributed by atoms with Gasteiger partial charge in [0, 0.05) is 41.3 Å². The molecule has 3 amide bonds. The summed E-state index contributed by atoms with van der Waals surface area (Å²) in [5.74, 6) is -0.329. The molecule has 1 saturated heterocycles. The summed E-state index contributed by atoms with van der Waals surface area (Å²) in [7, 11) is 1.46. The minimum absolute atomic E-state index is 0.284.